The molecule has 0 atom stereocenters. The Kier molecular flexibility index (Phi) is 7.29. The van der Waals surface area contributed by atoms with Crippen LogP contribution in [0, 0.1) is 0 Å². The maximum absolute atomic E-state index is 5.85. The van der Waals surface area contributed by atoms with E-state index >= 15 is 0 Å². The normalized spacial score (nSPS) is 9.20. The Hall–Kier alpha value is -0.0100. The van der Waals surface area contributed by atoms with Crippen LogP contribution in [0.2, 0.25) is 5.02 Å². The summed E-state index contributed by atoms with van der Waals surface area (Å²) in [5.74, 6) is 0.114. The Labute approximate surface area is 119 Å². The van der Waals surface area contributed by atoms with E-state index in [1.807, 2.05) is 18.2 Å². The lowest BCUT2D eigenvalue weighted by molar-refractivity contribution is 0.957. The van der Waals surface area contributed by atoms with Crippen LogP contribution in [0.5, 0.6) is 0 Å². The van der Waals surface area contributed by atoms with Gasteiger partial charge in [0.15, 0.2) is 5.96 Å². The summed E-state index contributed by atoms with van der Waals surface area (Å²) in [4.78, 5) is 3.90. The van der Waals surface area contributed by atoms with Crippen LogP contribution in [0.4, 0.5) is 0 Å². The molecule has 0 aromatic heterocycles. The van der Waals surface area contributed by atoms with Crippen molar-refractivity contribution >= 4 is 57.5 Å². The molecule has 1 aromatic rings. The summed E-state index contributed by atoms with van der Waals surface area (Å²) in [5.41, 5.74) is 11.5. The lowest BCUT2D eigenvalue weighted by Gasteiger charge is -2.02. The Morgan fingerprint density at radius 1 is 1.40 bits per heavy atom. The highest BCUT2D eigenvalue weighted by atomic mass is 127. The molecule has 0 unspecified atom stereocenters. The van der Waals surface area contributed by atoms with Crippen LogP contribution in [0.1, 0.15) is 5.56 Å². The first-order chi connectivity index (χ1) is 6.59. The lowest BCUT2D eigenvalue weighted by Crippen LogP contribution is -2.23. The number of guanidine groups is 1. The van der Waals surface area contributed by atoms with Crippen LogP contribution in [-0.2, 0) is 6.42 Å². The Morgan fingerprint density at radius 2 is 2.07 bits per heavy atom. The third-order valence-corrected chi connectivity index (χ3v) is 2.69. The van der Waals surface area contributed by atoms with E-state index < -0.39 is 0 Å². The SMILES string of the molecule is I.NC(N)=NCCc1cc(Cl)ccc1Br. The van der Waals surface area contributed by atoms with E-state index in [1.165, 1.54) is 0 Å². The van der Waals surface area contributed by atoms with Crippen molar-refractivity contribution in [3.8, 4) is 0 Å². The fourth-order valence-electron chi connectivity index (χ4n) is 1.04. The highest BCUT2D eigenvalue weighted by Gasteiger charge is 1.99. The van der Waals surface area contributed by atoms with Crippen molar-refractivity contribution < 1.29 is 0 Å². The number of halogens is 3. The van der Waals surface area contributed by atoms with Gasteiger partial charge >= 0.3 is 0 Å². The molecule has 0 heterocycles. The fourth-order valence-corrected chi connectivity index (χ4v) is 1.68. The van der Waals surface area contributed by atoms with Gasteiger partial charge in [0.05, 0.1) is 0 Å². The number of aliphatic imine (C=N–C) groups is 1. The van der Waals surface area contributed by atoms with Gasteiger partial charge in [-0.3, -0.25) is 4.99 Å². The van der Waals surface area contributed by atoms with E-state index in [2.05, 4.69) is 20.9 Å². The molecule has 0 fully saturated rings. The van der Waals surface area contributed by atoms with Crippen LogP contribution < -0.4 is 11.5 Å². The van der Waals surface area contributed by atoms with Gasteiger partial charge < -0.3 is 11.5 Å². The molecule has 6 heteroatoms. The summed E-state index contributed by atoms with van der Waals surface area (Å²) < 4.78 is 1.02. The Morgan fingerprint density at radius 3 is 2.67 bits per heavy atom. The van der Waals surface area contributed by atoms with Crippen molar-refractivity contribution in [1.29, 1.82) is 0 Å². The molecule has 0 saturated carbocycles. The molecule has 4 N–H and O–H groups in total. The summed E-state index contributed by atoms with van der Waals surface area (Å²) in [6.07, 6.45) is 0.763. The van der Waals surface area contributed by atoms with E-state index in [-0.39, 0.29) is 29.9 Å². The van der Waals surface area contributed by atoms with Crippen LogP contribution in [0.3, 0.4) is 0 Å². The van der Waals surface area contributed by atoms with Crippen molar-refractivity contribution in [3.05, 3.63) is 33.3 Å². The molecule has 15 heavy (non-hydrogen) atoms. The van der Waals surface area contributed by atoms with Crippen LogP contribution in [0.15, 0.2) is 27.7 Å². The second-order valence-corrected chi connectivity index (χ2v) is 4.08. The maximum Gasteiger partial charge on any atom is 0.185 e. The molecular weight excluding hydrogens is 392 g/mol. The van der Waals surface area contributed by atoms with Gasteiger partial charge in [0.25, 0.3) is 0 Å². The van der Waals surface area contributed by atoms with Crippen molar-refractivity contribution in [2.45, 2.75) is 6.42 Å². The zero-order valence-electron chi connectivity index (χ0n) is 7.91. The van der Waals surface area contributed by atoms with Crippen molar-refractivity contribution in [1.82, 2.24) is 0 Å². The zero-order chi connectivity index (χ0) is 10.6. The molecular formula is C9H12BrClIN3. The average Bonchev–Trinajstić information content (AvgIpc) is 2.10. The van der Waals surface area contributed by atoms with Gasteiger partial charge in [-0.15, -0.1) is 24.0 Å². The Balaban J connectivity index is 0.00000196. The molecule has 0 amide bonds. The number of hydrogen-bond acceptors (Lipinski definition) is 1. The second-order valence-electron chi connectivity index (χ2n) is 2.79. The number of nitrogens with two attached hydrogens (primary N) is 2. The second kappa shape index (κ2) is 7.29. The standard InChI is InChI=1S/C9H11BrClN3.HI/c10-8-2-1-7(11)5-6(8)3-4-14-9(12)13;/h1-2,5H,3-4H2,(H4,12,13,14);1H. The largest absolute Gasteiger partial charge is 0.370 e. The summed E-state index contributed by atoms with van der Waals surface area (Å²) in [6.45, 7) is 0.571. The smallest absolute Gasteiger partial charge is 0.185 e. The van der Waals surface area contributed by atoms with Gasteiger partial charge in [-0.05, 0) is 30.2 Å². The summed E-state index contributed by atoms with van der Waals surface area (Å²) >= 11 is 9.28. The van der Waals surface area contributed by atoms with Gasteiger partial charge in [0, 0.05) is 16.0 Å². The van der Waals surface area contributed by atoms with Crippen LogP contribution in [0.25, 0.3) is 0 Å². The predicted molar refractivity (Wildman–Crippen MR) is 78.9 cm³/mol. The summed E-state index contributed by atoms with van der Waals surface area (Å²) in [5, 5.41) is 0.716. The third kappa shape index (κ3) is 5.58. The number of hydrogen-bond donors (Lipinski definition) is 2. The summed E-state index contributed by atoms with van der Waals surface area (Å²) in [6, 6.07) is 5.64. The van der Waals surface area contributed by atoms with Gasteiger partial charge in [-0.2, -0.15) is 0 Å². The minimum atomic E-state index is 0. The number of rotatable bonds is 3. The zero-order valence-corrected chi connectivity index (χ0v) is 12.6. The number of nitrogens with zero attached hydrogens (tertiary/aromatic N) is 1. The van der Waals surface area contributed by atoms with Gasteiger partial charge in [0.1, 0.15) is 0 Å². The van der Waals surface area contributed by atoms with E-state index in [1.54, 1.807) is 0 Å². The lowest BCUT2D eigenvalue weighted by atomic mass is 10.1. The van der Waals surface area contributed by atoms with Crippen molar-refractivity contribution in [2.24, 2.45) is 16.5 Å². The molecule has 1 aromatic carbocycles. The Bertz CT molecular complexity index is 353. The molecule has 0 aliphatic heterocycles. The first kappa shape index (κ1) is 15.0. The van der Waals surface area contributed by atoms with Gasteiger partial charge in [0.2, 0.25) is 0 Å². The molecule has 1 rings (SSSR count). The predicted octanol–water partition coefficient (Wildman–Crippen LogP) is 2.54. The molecule has 0 radical (unpaired) electrons. The van der Waals surface area contributed by atoms with Crippen molar-refractivity contribution in [3.63, 3.8) is 0 Å². The van der Waals surface area contributed by atoms with Crippen molar-refractivity contribution in [2.75, 3.05) is 6.54 Å². The average molecular weight is 404 g/mol. The monoisotopic (exact) mass is 403 g/mol. The molecule has 0 aliphatic carbocycles. The molecule has 0 aliphatic rings. The summed E-state index contributed by atoms with van der Waals surface area (Å²) in [7, 11) is 0. The van der Waals surface area contributed by atoms with Crippen LogP contribution in [-0.4, -0.2) is 12.5 Å². The minimum Gasteiger partial charge on any atom is -0.370 e. The first-order valence-electron chi connectivity index (χ1n) is 4.09. The molecule has 0 bridgehead atoms. The highest BCUT2D eigenvalue weighted by molar-refractivity contribution is 14.0. The number of benzene rings is 1. The van der Waals surface area contributed by atoms with Gasteiger partial charge in [-0.25, -0.2) is 0 Å². The minimum absolute atomic E-state index is 0. The molecule has 84 valence electrons. The maximum atomic E-state index is 5.85. The molecule has 0 spiro atoms. The molecule has 0 saturated heterocycles. The van der Waals surface area contributed by atoms with E-state index in [0.29, 0.717) is 11.6 Å². The highest BCUT2D eigenvalue weighted by Crippen LogP contribution is 2.21. The molecule has 3 nitrogen and oxygen atoms in total. The van der Waals surface area contributed by atoms with Gasteiger partial charge in [-0.1, -0.05) is 27.5 Å². The third-order valence-electron chi connectivity index (χ3n) is 1.68. The fraction of sp³-hybridized carbons (Fsp3) is 0.222. The topological polar surface area (TPSA) is 64.4 Å². The van der Waals surface area contributed by atoms with E-state index in [0.717, 1.165) is 16.5 Å². The first-order valence-corrected chi connectivity index (χ1v) is 5.26. The van der Waals surface area contributed by atoms with Crippen LogP contribution >= 0.6 is 51.5 Å². The van der Waals surface area contributed by atoms with E-state index in [9.17, 15) is 0 Å². The van der Waals surface area contributed by atoms with E-state index in [4.69, 9.17) is 23.1 Å². The quantitative estimate of drug-likeness (QED) is 0.462.